The Labute approximate surface area is 120 Å². The van der Waals surface area contributed by atoms with Crippen LogP contribution in [0, 0.1) is 12.8 Å². The Morgan fingerprint density at radius 2 is 2.05 bits per heavy atom. The van der Waals surface area contributed by atoms with Gasteiger partial charge in [-0.25, -0.2) is 13.1 Å². The highest BCUT2D eigenvalue weighted by molar-refractivity contribution is 7.89. The zero-order valence-electron chi connectivity index (χ0n) is 12.1. The highest BCUT2D eigenvalue weighted by Gasteiger charge is 2.22. The van der Waals surface area contributed by atoms with E-state index in [4.69, 9.17) is 5.73 Å². The molecule has 19 heavy (non-hydrogen) atoms. The zero-order chi connectivity index (χ0) is 14.6. The van der Waals surface area contributed by atoms with Gasteiger partial charge in [-0.15, -0.1) is 11.3 Å². The third-order valence-electron chi connectivity index (χ3n) is 3.22. The van der Waals surface area contributed by atoms with Crippen LogP contribution in [0.3, 0.4) is 0 Å². The van der Waals surface area contributed by atoms with Crippen LogP contribution in [-0.2, 0) is 16.6 Å². The lowest BCUT2D eigenvalue weighted by Gasteiger charge is -2.17. The minimum Gasteiger partial charge on any atom is -0.326 e. The van der Waals surface area contributed by atoms with Crippen LogP contribution in [0.25, 0.3) is 0 Å². The average molecular weight is 304 g/mol. The number of aryl methyl sites for hydroxylation is 1. The number of nitrogens with two attached hydrogens (primary N) is 1. The molecule has 6 heteroatoms. The van der Waals surface area contributed by atoms with Gasteiger partial charge in [0.25, 0.3) is 0 Å². The maximum atomic E-state index is 12.3. The van der Waals surface area contributed by atoms with E-state index in [1.807, 2.05) is 13.8 Å². The summed E-state index contributed by atoms with van der Waals surface area (Å²) in [7, 11) is -3.43. The number of sulfonamides is 1. The van der Waals surface area contributed by atoms with Gasteiger partial charge < -0.3 is 5.73 Å². The van der Waals surface area contributed by atoms with Gasteiger partial charge in [0.05, 0.1) is 4.90 Å². The summed E-state index contributed by atoms with van der Waals surface area (Å²) in [6.07, 6.45) is 1.91. The second-order valence-electron chi connectivity index (χ2n) is 5.11. The van der Waals surface area contributed by atoms with Crippen LogP contribution in [0.5, 0.6) is 0 Å². The van der Waals surface area contributed by atoms with Crippen molar-refractivity contribution in [2.75, 3.05) is 0 Å². The Balaban J connectivity index is 2.83. The first-order chi connectivity index (χ1) is 8.80. The first kappa shape index (κ1) is 16.6. The van der Waals surface area contributed by atoms with Crippen LogP contribution in [-0.4, -0.2) is 14.5 Å². The minimum absolute atomic E-state index is 0.0550. The quantitative estimate of drug-likeness (QED) is 0.813. The molecule has 0 saturated carbocycles. The van der Waals surface area contributed by atoms with Crippen molar-refractivity contribution >= 4 is 21.4 Å². The van der Waals surface area contributed by atoms with Crippen LogP contribution >= 0.6 is 11.3 Å². The lowest BCUT2D eigenvalue weighted by Crippen LogP contribution is -2.33. The SMILES string of the molecule is CCC(C)CC(C)NS(=O)(=O)c1cc(CN)sc1C. The Morgan fingerprint density at radius 1 is 1.42 bits per heavy atom. The van der Waals surface area contributed by atoms with Gasteiger partial charge in [-0.2, -0.15) is 0 Å². The average Bonchev–Trinajstić information content (AvgIpc) is 2.70. The van der Waals surface area contributed by atoms with Crippen LogP contribution in [0.1, 0.15) is 43.4 Å². The molecule has 0 bridgehead atoms. The molecule has 2 unspecified atom stereocenters. The number of hydrogen-bond donors (Lipinski definition) is 2. The summed E-state index contributed by atoms with van der Waals surface area (Å²) in [5, 5.41) is 0. The van der Waals surface area contributed by atoms with Gasteiger partial charge in [0.1, 0.15) is 0 Å². The first-order valence-corrected chi connectivity index (χ1v) is 8.91. The Hall–Kier alpha value is -0.430. The fourth-order valence-electron chi connectivity index (χ4n) is 2.04. The van der Waals surface area contributed by atoms with Crippen molar-refractivity contribution in [1.82, 2.24) is 4.72 Å². The molecule has 0 aliphatic heterocycles. The molecule has 0 aliphatic carbocycles. The van der Waals surface area contributed by atoms with Crippen molar-refractivity contribution in [3.05, 3.63) is 15.8 Å². The molecule has 0 aromatic carbocycles. The van der Waals surface area contributed by atoms with Crippen LogP contribution in [0.15, 0.2) is 11.0 Å². The summed E-state index contributed by atoms with van der Waals surface area (Å²) in [4.78, 5) is 2.06. The van der Waals surface area contributed by atoms with Gasteiger partial charge in [-0.05, 0) is 32.3 Å². The van der Waals surface area contributed by atoms with Gasteiger partial charge in [0.2, 0.25) is 10.0 Å². The van der Waals surface area contributed by atoms with E-state index < -0.39 is 10.0 Å². The second-order valence-corrected chi connectivity index (χ2v) is 8.13. The molecule has 3 N–H and O–H groups in total. The highest BCUT2D eigenvalue weighted by atomic mass is 32.2. The summed E-state index contributed by atoms with van der Waals surface area (Å²) in [6, 6.07) is 1.62. The van der Waals surface area contributed by atoms with Gasteiger partial charge in [0.15, 0.2) is 0 Å². The van der Waals surface area contributed by atoms with E-state index in [1.54, 1.807) is 6.07 Å². The summed E-state index contributed by atoms with van der Waals surface area (Å²) in [6.45, 7) is 8.35. The fourth-order valence-corrected chi connectivity index (χ4v) is 4.81. The molecule has 1 heterocycles. The summed E-state index contributed by atoms with van der Waals surface area (Å²) >= 11 is 1.44. The van der Waals surface area contributed by atoms with E-state index in [1.165, 1.54) is 11.3 Å². The summed E-state index contributed by atoms with van der Waals surface area (Å²) < 4.78 is 27.4. The Morgan fingerprint density at radius 3 is 2.53 bits per heavy atom. The van der Waals surface area contributed by atoms with Gasteiger partial charge in [-0.3, -0.25) is 0 Å². The minimum atomic E-state index is -3.43. The van der Waals surface area contributed by atoms with Crippen molar-refractivity contribution in [2.45, 2.75) is 58.0 Å². The van der Waals surface area contributed by atoms with Crippen molar-refractivity contribution in [1.29, 1.82) is 0 Å². The lowest BCUT2D eigenvalue weighted by atomic mass is 10.0. The second kappa shape index (κ2) is 6.83. The molecule has 0 fully saturated rings. The molecule has 0 amide bonds. The van der Waals surface area contributed by atoms with Gasteiger partial charge >= 0.3 is 0 Å². The molecule has 1 aromatic heterocycles. The zero-order valence-corrected chi connectivity index (χ0v) is 13.7. The summed E-state index contributed by atoms with van der Waals surface area (Å²) in [5.74, 6) is 0.515. The molecule has 2 atom stereocenters. The number of rotatable bonds is 7. The predicted octanol–water partition coefficient (Wildman–Crippen LogP) is 2.62. The predicted molar refractivity (Wildman–Crippen MR) is 80.8 cm³/mol. The van der Waals surface area contributed by atoms with Gasteiger partial charge in [0, 0.05) is 22.3 Å². The van der Waals surface area contributed by atoms with Crippen LogP contribution < -0.4 is 10.5 Å². The topological polar surface area (TPSA) is 72.2 Å². The standard InChI is InChI=1S/C13H24N2O2S2/c1-5-9(2)6-10(3)15-19(16,17)13-7-12(8-14)18-11(13)4/h7,9-10,15H,5-6,8,14H2,1-4H3. The van der Waals surface area contributed by atoms with E-state index in [0.29, 0.717) is 17.4 Å². The number of thiophene rings is 1. The van der Waals surface area contributed by atoms with Crippen LogP contribution in [0.2, 0.25) is 0 Å². The summed E-state index contributed by atoms with van der Waals surface area (Å²) in [5.41, 5.74) is 5.56. The Kier molecular flexibility index (Phi) is 5.98. The Bertz CT molecular complexity index is 509. The number of nitrogens with one attached hydrogen (secondary N) is 1. The first-order valence-electron chi connectivity index (χ1n) is 6.61. The van der Waals surface area contributed by atoms with E-state index in [2.05, 4.69) is 18.6 Å². The molecule has 1 rings (SSSR count). The van der Waals surface area contributed by atoms with E-state index in [0.717, 1.165) is 22.6 Å². The maximum absolute atomic E-state index is 12.3. The molecular formula is C13H24N2O2S2. The molecule has 4 nitrogen and oxygen atoms in total. The van der Waals surface area contributed by atoms with Crippen molar-refractivity contribution in [3.63, 3.8) is 0 Å². The third kappa shape index (κ3) is 4.56. The largest absolute Gasteiger partial charge is 0.326 e. The fraction of sp³-hybridized carbons (Fsp3) is 0.692. The smallest absolute Gasteiger partial charge is 0.241 e. The molecule has 1 aromatic rings. The lowest BCUT2D eigenvalue weighted by molar-refractivity contribution is 0.445. The normalized spacial score (nSPS) is 15.4. The molecule has 0 spiro atoms. The van der Waals surface area contributed by atoms with E-state index in [9.17, 15) is 8.42 Å². The molecular weight excluding hydrogens is 280 g/mol. The van der Waals surface area contributed by atoms with E-state index >= 15 is 0 Å². The van der Waals surface area contributed by atoms with Gasteiger partial charge in [-0.1, -0.05) is 20.3 Å². The molecule has 110 valence electrons. The molecule has 0 radical (unpaired) electrons. The molecule has 0 saturated heterocycles. The van der Waals surface area contributed by atoms with Crippen molar-refractivity contribution < 1.29 is 8.42 Å². The third-order valence-corrected chi connectivity index (χ3v) is 6.14. The van der Waals surface area contributed by atoms with Crippen molar-refractivity contribution in [2.24, 2.45) is 11.7 Å². The monoisotopic (exact) mass is 304 g/mol. The molecule has 0 aliphatic rings. The van der Waals surface area contributed by atoms with Crippen LogP contribution in [0.4, 0.5) is 0 Å². The number of hydrogen-bond acceptors (Lipinski definition) is 4. The van der Waals surface area contributed by atoms with Crippen molar-refractivity contribution in [3.8, 4) is 0 Å². The maximum Gasteiger partial charge on any atom is 0.241 e. The van der Waals surface area contributed by atoms with E-state index in [-0.39, 0.29) is 6.04 Å². The highest BCUT2D eigenvalue weighted by Crippen LogP contribution is 2.25.